The summed E-state index contributed by atoms with van der Waals surface area (Å²) in [4.78, 5) is 0. The van der Waals surface area contributed by atoms with E-state index >= 15 is 0 Å². The third-order valence-electron chi connectivity index (χ3n) is 2.01. The van der Waals surface area contributed by atoms with Crippen molar-refractivity contribution in [2.75, 3.05) is 13.2 Å². The van der Waals surface area contributed by atoms with Crippen molar-refractivity contribution in [2.45, 2.75) is 38.5 Å². The molecular formula is C8H17NO2. The molecule has 1 heterocycles. The molecule has 11 heavy (non-hydrogen) atoms. The molecule has 1 aliphatic rings. The molecule has 0 bridgehead atoms. The summed E-state index contributed by atoms with van der Waals surface area (Å²) in [7, 11) is 0. The van der Waals surface area contributed by atoms with E-state index < -0.39 is 0 Å². The molecule has 1 rings (SSSR count). The quantitative estimate of drug-likeness (QED) is 0.573. The molecule has 0 aromatic rings. The van der Waals surface area contributed by atoms with Crippen LogP contribution >= 0.6 is 0 Å². The Balaban J connectivity index is 2.11. The summed E-state index contributed by atoms with van der Waals surface area (Å²) < 4.78 is 5.46. The van der Waals surface area contributed by atoms with Crippen molar-refractivity contribution in [1.29, 1.82) is 0 Å². The van der Waals surface area contributed by atoms with Crippen LogP contribution in [0.5, 0.6) is 0 Å². The van der Waals surface area contributed by atoms with E-state index in [0.717, 1.165) is 0 Å². The van der Waals surface area contributed by atoms with Crippen LogP contribution in [0.4, 0.5) is 0 Å². The van der Waals surface area contributed by atoms with Crippen molar-refractivity contribution in [3.05, 3.63) is 0 Å². The zero-order valence-electron chi connectivity index (χ0n) is 7.42. The van der Waals surface area contributed by atoms with Crippen molar-refractivity contribution in [1.82, 2.24) is 5.32 Å². The van der Waals surface area contributed by atoms with Crippen LogP contribution in [-0.2, 0) is 4.74 Å². The highest BCUT2D eigenvalue weighted by atomic mass is 16.5. The molecule has 1 aliphatic heterocycles. The van der Waals surface area contributed by atoms with Crippen LogP contribution < -0.4 is 5.32 Å². The number of hydrogen-bond acceptors (Lipinski definition) is 3. The number of rotatable bonds is 4. The number of aliphatic hydroxyl groups excluding tert-OH is 1. The zero-order chi connectivity index (χ0) is 8.48. The summed E-state index contributed by atoms with van der Waals surface area (Å²) in [6.07, 6.45) is 0. The van der Waals surface area contributed by atoms with Gasteiger partial charge >= 0.3 is 0 Å². The Morgan fingerprint density at radius 3 is 2.45 bits per heavy atom. The molecule has 3 nitrogen and oxygen atoms in total. The first-order valence-electron chi connectivity index (χ1n) is 4.06. The molecule has 2 unspecified atom stereocenters. The largest absolute Gasteiger partial charge is 0.393 e. The monoisotopic (exact) mass is 159 g/mol. The van der Waals surface area contributed by atoms with E-state index in [1.165, 1.54) is 0 Å². The lowest BCUT2D eigenvalue weighted by Crippen LogP contribution is -2.31. The van der Waals surface area contributed by atoms with Crippen molar-refractivity contribution in [3.63, 3.8) is 0 Å². The molecule has 2 atom stereocenters. The van der Waals surface area contributed by atoms with Crippen LogP contribution in [0.2, 0.25) is 0 Å². The minimum absolute atomic E-state index is 0.0775. The molecular weight excluding hydrogens is 142 g/mol. The predicted octanol–water partition coefficient (Wildman–Crippen LogP) is 0.134. The van der Waals surface area contributed by atoms with Crippen LogP contribution in [0.3, 0.4) is 0 Å². The molecule has 0 saturated carbocycles. The van der Waals surface area contributed by atoms with Gasteiger partial charge in [-0.25, -0.2) is 0 Å². The second kappa shape index (κ2) is 3.09. The molecule has 3 heteroatoms. The summed E-state index contributed by atoms with van der Waals surface area (Å²) in [5.41, 5.74) is -0.385. The molecule has 0 aliphatic carbocycles. The van der Waals surface area contributed by atoms with Gasteiger partial charge in [-0.05, 0) is 20.8 Å². The fourth-order valence-corrected chi connectivity index (χ4v) is 0.836. The molecule has 0 radical (unpaired) electrons. The first-order valence-corrected chi connectivity index (χ1v) is 4.06. The van der Waals surface area contributed by atoms with Crippen LogP contribution in [0.25, 0.3) is 0 Å². The summed E-state index contributed by atoms with van der Waals surface area (Å²) >= 11 is 0. The maximum Gasteiger partial charge on any atom is 0.0857 e. The molecule has 0 aromatic heterocycles. The van der Waals surface area contributed by atoms with Crippen molar-refractivity contribution < 1.29 is 9.84 Å². The Kier molecular flexibility index (Phi) is 2.52. The zero-order valence-corrected chi connectivity index (χ0v) is 7.42. The van der Waals surface area contributed by atoms with Gasteiger partial charge in [-0.15, -0.1) is 0 Å². The maximum atomic E-state index is 8.85. The fraction of sp³-hybridized carbons (Fsp3) is 1.00. The Morgan fingerprint density at radius 1 is 1.55 bits per heavy atom. The lowest BCUT2D eigenvalue weighted by molar-refractivity contribution is -0.0528. The average molecular weight is 159 g/mol. The fourth-order valence-electron chi connectivity index (χ4n) is 0.836. The van der Waals surface area contributed by atoms with Gasteiger partial charge in [-0.1, -0.05) is 0 Å². The number of ether oxygens (including phenoxy) is 1. The summed E-state index contributed by atoms with van der Waals surface area (Å²) in [5, 5.41) is 12.1. The van der Waals surface area contributed by atoms with Crippen LogP contribution in [0.1, 0.15) is 20.8 Å². The molecule has 66 valence electrons. The molecule has 2 N–H and O–H groups in total. The predicted molar refractivity (Wildman–Crippen MR) is 43.5 cm³/mol. The van der Waals surface area contributed by atoms with Gasteiger partial charge in [0.25, 0.3) is 0 Å². The van der Waals surface area contributed by atoms with E-state index in [0.29, 0.717) is 18.7 Å². The van der Waals surface area contributed by atoms with E-state index in [2.05, 4.69) is 12.2 Å². The van der Waals surface area contributed by atoms with E-state index in [4.69, 9.17) is 9.84 Å². The Labute approximate surface area is 67.7 Å². The molecule has 1 fully saturated rings. The molecule has 0 amide bonds. The standard InChI is InChI=1S/C8H17NO2/c1-6-7(9-6)4-11-8(2,3)5-10/h6-7,9-10H,4-5H2,1-3H3. The third-order valence-corrected chi connectivity index (χ3v) is 2.01. The second-order valence-electron chi connectivity index (χ2n) is 3.79. The van der Waals surface area contributed by atoms with Gasteiger partial charge < -0.3 is 15.2 Å². The normalized spacial score (nSPS) is 30.5. The number of aliphatic hydroxyl groups is 1. The van der Waals surface area contributed by atoms with Gasteiger partial charge in [0.2, 0.25) is 0 Å². The van der Waals surface area contributed by atoms with E-state index in [1.54, 1.807) is 0 Å². The molecule has 0 spiro atoms. The topological polar surface area (TPSA) is 51.4 Å². The van der Waals surface area contributed by atoms with E-state index in [1.807, 2.05) is 13.8 Å². The molecule has 1 saturated heterocycles. The molecule has 0 aromatic carbocycles. The maximum absolute atomic E-state index is 8.85. The van der Waals surface area contributed by atoms with Gasteiger partial charge in [-0.3, -0.25) is 0 Å². The van der Waals surface area contributed by atoms with Gasteiger partial charge in [0, 0.05) is 12.1 Å². The van der Waals surface area contributed by atoms with Crippen LogP contribution in [0, 0.1) is 0 Å². The highest BCUT2D eigenvalue weighted by Gasteiger charge is 2.33. The lowest BCUT2D eigenvalue weighted by Gasteiger charge is -2.21. The van der Waals surface area contributed by atoms with Gasteiger partial charge in [-0.2, -0.15) is 0 Å². The smallest absolute Gasteiger partial charge is 0.0857 e. The summed E-state index contributed by atoms with van der Waals surface area (Å²) in [5.74, 6) is 0. The number of nitrogens with one attached hydrogen (secondary N) is 1. The van der Waals surface area contributed by atoms with Crippen LogP contribution in [0.15, 0.2) is 0 Å². The Bertz CT molecular complexity index is 136. The first-order chi connectivity index (χ1) is 5.05. The van der Waals surface area contributed by atoms with E-state index in [-0.39, 0.29) is 12.2 Å². The van der Waals surface area contributed by atoms with Gasteiger partial charge in [0.15, 0.2) is 0 Å². The van der Waals surface area contributed by atoms with Gasteiger partial charge in [0.05, 0.1) is 18.8 Å². The number of hydrogen-bond donors (Lipinski definition) is 2. The highest BCUT2D eigenvalue weighted by Crippen LogP contribution is 2.14. The summed E-state index contributed by atoms with van der Waals surface area (Å²) in [6, 6.07) is 1.09. The first kappa shape index (κ1) is 8.97. The van der Waals surface area contributed by atoms with Crippen LogP contribution in [-0.4, -0.2) is 36.0 Å². The Hall–Kier alpha value is -0.120. The average Bonchev–Trinajstić information content (AvgIpc) is 2.63. The third kappa shape index (κ3) is 2.77. The summed E-state index contributed by atoms with van der Waals surface area (Å²) in [6.45, 7) is 6.68. The van der Waals surface area contributed by atoms with Crippen molar-refractivity contribution in [2.24, 2.45) is 0 Å². The minimum atomic E-state index is -0.385. The second-order valence-corrected chi connectivity index (χ2v) is 3.79. The highest BCUT2D eigenvalue weighted by molar-refractivity contribution is 4.94. The lowest BCUT2D eigenvalue weighted by atomic mass is 10.1. The van der Waals surface area contributed by atoms with Gasteiger partial charge in [0.1, 0.15) is 0 Å². The minimum Gasteiger partial charge on any atom is -0.393 e. The Morgan fingerprint density at radius 2 is 2.09 bits per heavy atom. The van der Waals surface area contributed by atoms with E-state index in [9.17, 15) is 0 Å². The van der Waals surface area contributed by atoms with Crippen molar-refractivity contribution in [3.8, 4) is 0 Å². The van der Waals surface area contributed by atoms with Crippen molar-refractivity contribution >= 4 is 0 Å². The SMILES string of the molecule is CC1NC1COC(C)(C)CO.